The molecule has 2 aliphatic rings. The van der Waals surface area contributed by atoms with Crippen LogP contribution < -0.4 is 0 Å². The first-order valence-corrected chi connectivity index (χ1v) is 9.68. The molecule has 0 N–H and O–H groups in total. The van der Waals surface area contributed by atoms with Crippen LogP contribution in [0, 0.1) is 0 Å². The van der Waals surface area contributed by atoms with Crippen LogP contribution in [-0.2, 0) is 11.2 Å². The standard InChI is InChI=1S/C16H27N3O2S/c1-2-15-17-18-16(21-15)14-12-19(8-10-20-14)9-11-22-13-6-4-3-5-7-13/h13-14H,2-12H2,1H3. The Morgan fingerprint density at radius 2 is 2.09 bits per heavy atom. The molecule has 1 unspecified atom stereocenters. The minimum Gasteiger partial charge on any atom is -0.422 e. The molecule has 2 fully saturated rings. The minimum absolute atomic E-state index is 0.0544. The lowest BCUT2D eigenvalue weighted by molar-refractivity contribution is -0.0410. The molecule has 124 valence electrons. The molecule has 1 aromatic heterocycles. The lowest BCUT2D eigenvalue weighted by Gasteiger charge is -2.31. The summed E-state index contributed by atoms with van der Waals surface area (Å²) in [5, 5.41) is 9.06. The maximum atomic E-state index is 5.80. The molecule has 1 aromatic rings. The van der Waals surface area contributed by atoms with Crippen LogP contribution in [0.4, 0.5) is 0 Å². The largest absolute Gasteiger partial charge is 0.422 e. The van der Waals surface area contributed by atoms with E-state index in [9.17, 15) is 0 Å². The second-order valence-corrected chi connectivity index (χ2v) is 7.59. The number of ether oxygens (including phenoxy) is 1. The molecular weight excluding hydrogens is 298 g/mol. The van der Waals surface area contributed by atoms with E-state index in [1.54, 1.807) is 0 Å². The van der Waals surface area contributed by atoms with Crippen molar-refractivity contribution in [2.45, 2.75) is 56.8 Å². The third-order valence-corrected chi connectivity index (χ3v) is 5.89. The van der Waals surface area contributed by atoms with Crippen molar-refractivity contribution in [3.63, 3.8) is 0 Å². The third-order valence-electron chi connectivity index (χ3n) is 4.52. The van der Waals surface area contributed by atoms with Gasteiger partial charge in [-0.2, -0.15) is 11.8 Å². The average Bonchev–Trinajstić information content (AvgIpc) is 3.05. The molecule has 1 saturated heterocycles. The number of hydrogen-bond donors (Lipinski definition) is 0. The zero-order valence-corrected chi connectivity index (χ0v) is 14.3. The first-order chi connectivity index (χ1) is 10.8. The van der Waals surface area contributed by atoms with Gasteiger partial charge in [0.15, 0.2) is 0 Å². The number of hydrogen-bond acceptors (Lipinski definition) is 6. The van der Waals surface area contributed by atoms with Gasteiger partial charge in [0.1, 0.15) is 6.10 Å². The van der Waals surface area contributed by atoms with Crippen molar-refractivity contribution >= 4 is 11.8 Å². The Balaban J connectivity index is 1.42. The molecule has 3 rings (SSSR count). The Bertz CT molecular complexity index is 448. The molecule has 0 bridgehead atoms. The molecule has 2 heterocycles. The van der Waals surface area contributed by atoms with E-state index >= 15 is 0 Å². The predicted octanol–water partition coefficient (Wildman–Crippen LogP) is 3.07. The normalized spacial score (nSPS) is 24.7. The Hall–Kier alpha value is -0.590. The van der Waals surface area contributed by atoms with Crippen LogP contribution in [0.5, 0.6) is 0 Å². The Labute approximate surface area is 137 Å². The summed E-state index contributed by atoms with van der Waals surface area (Å²) in [6, 6.07) is 0. The van der Waals surface area contributed by atoms with E-state index in [1.165, 1.54) is 37.9 Å². The summed E-state index contributed by atoms with van der Waals surface area (Å²) in [5.41, 5.74) is 0. The molecule has 5 nitrogen and oxygen atoms in total. The van der Waals surface area contributed by atoms with Gasteiger partial charge in [-0.15, -0.1) is 10.2 Å². The van der Waals surface area contributed by atoms with Crippen LogP contribution in [0.2, 0.25) is 0 Å². The van der Waals surface area contributed by atoms with Crippen LogP contribution in [0.15, 0.2) is 4.42 Å². The highest BCUT2D eigenvalue weighted by Crippen LogP contribution is 2.28. The molecule has 0 aromatic carbocycles. The van der Waals surface area contributed by atoms with Crippen molar-refractivity contribution in [2.24, 2.45) is 0 Å². The molecule has 6 heteroatoms. The smallest absolute Gasteiger partial charge is 0.246 e. The highest BCUT2D eigenvalue weighted by molar-refractivity contribution is 7.99. The van der Waals surface area contributed by atoms with Crippen molar-refractivity contribution in [1.82, 2.24) is 15.1 Å². The SMILES string of the molecule is CCc1nnc(C2CN(CCSC3CCCCC3)CCO2)o1. The third kappa shape index (κ3) is 4.46. The summed E-state index contributed by atoms with van der Waals surface area (Å²) in [4.78, 5) is 2.47. The Kier molecular flexibility index (Phi) is 6.15. The minimum atomic E-state index is -0.0544. The van der Waals surface area contributed by atoms with E-state index in [0.29, 0.717) is 11.8 Å². The maximum Gasteiger partial charge on any atom is 0.246 e. The van der Waals surface area contributed by atoms with Crippen molar-refractivity contribution in [1.29, 1.82) is 0 Å². The molecule has 1 saturated carbocycles. The van der Waals surface area contributed by atoms with Crippen molar-refractivity contribution < 1.29 is 9.15 Å². The van der Waals surface area contributed by atoms with Gasteiger partial charge in [0.2, 0.25) is 11.8 Å². The lowest BCUT2D eigenvalue weighted by Crippen LogP contribution is -2.39. The predicted molar refractivity (Wildman–Crippen MR) is 88.1 cm³/mol. The highest BCUT2D eigenvalue weighted by atomic mass is 32.2. The fourth-order valence-corrected chi connectivity index (χ4v) is 4.54. The molecule has 0 radical (unpaired) electrons. The quantitative estimate of drug-likeness (QED) is 0.801. The zero-order chi connectivity index (χ0) is 15.2. The van der Waals surface area contributed by atoms with Crippen LogP contribution in [0.1, 0.15) is 56.9 Å². The van der Waals surface area contributed by atoms with E-state index in [1.807, 2.05) is 6.92 Å². The van der Waals surface area contributed by atoms with Gasteiger partial charge in [-0.25, -0.2) is 0 Å². The van der Waals surface area contributed by atoms with E-state index in [0.717, 1.165) is 37.9 Å². The second kappa shape index (κ2) is 8.31. The molecular formula is C16H27N3O2S. The fraction of sp³-hybridized carbons (Fsp3) is 0.875. The molecule has 22 heavy (non-hydrogen) atoms. The van der Waals surface area contributed by atoms with Gasteiger partial charge >= 0.3 is 0 Å². The van der Waals surface area contributed by atoms with Crippen LogP contribution >= 0.6 is 11.8 Å². The van der Waals surface area contributed by atoms with Crippen molar-refractivity contribution in [2.75, 3.05) is 32.0 Å². The summed E-state index contributed by atoms with van der Waals surface area (Å²) in [5.74, 6) is 2.56. The molecule has 1 aliphatic carbocycles. The van der Waals surface area contributed by atoms with Crippen molar-refractivity contribution in [3.8, 4) is 0 Å². The number of rotatable bonds is 6. The number of morpholine rings is 1. The molecule has 1 aliphatic heterocycles. The van der Waals surface area contributed by atoms with Gasteiger partial charge in [-0.05, 0) is 12.8 Å². The van der Waals surface area contributed by atoms with E-state index in [-0.39, 0.29) is 6.10 Å². The number of aromatic nitrogens is 2. The molecule has 1 atom stereocenters. The lowest BCUT2D eigenvalue weighted by atomic mass is 10.0. The average molecular weight is 325 g/mol. The van der Waals surface area contributed by atoms with Gasteiger partial charge in [0.05, 0.1) is 6.61 Å². The van der Waals surface area contributed by atoms with Gasteiger partial charge in [-0.1, -0.05) is 26.2 Å². The number of nitrogens with zero attached hydrogens (tertiary/aromatic N) is 3. The fourth-order valence-electron chi connectivity index (χ4n) is 3.17. The number of aryl methyl sites for hydroxylation is 1. The Morgan fingerprint density at radius 3 is 2.86 bits per heavy atom. The van der Waals surface area contributed by atoms with Gasteiger partial charge in [0, 0.05) is 37.1 Å². The van der Waals surface area contributed by atoms with E-state index < -0.39 is 0 Å². The highest BCUT2D eigenvalue weighted by Gasteiger charge is 2.26. The first kappa shape index (κ1) is 16.3. The van der Waals surface area contributed by atoms with E-state index in [2.05, 4.69) is 26.9 Å². The Morgan fingerprint density at radius 1 is 1.23 bits per heavy atom. The van der Waals surface area contributed by atoms with Gasteiger partial charge in [-0.3, -0.25) is 4.90 Å². The first-order valence-electron chi connectivity index (χ1n) is 8.63. The summed E-state index contributed by atoms with van der Waals surface area (Å²) >= 11 is 2.16. The molecule has 0 spiro atoms. The van der Waals surface area contributed by atoms with Gasteiger partial charge < -0.3 is 9.15 Å². The zero-order valence-electron chi connectivity index (χ0n) is 13.5. The van der Waals surface area contributed by atoms with E-state index in [4.69, 9.17) is 9.15 Å². The van der Waals surface area contributed by atoms with Crippen molar-refractivity contribution in [3.05, 3.63) is 11.8 Å². The van der Waals surface area contributed by atoms with Gasteiger partial charge in [0.25, 0.3) is 0 Å². The van der Waals surface area contributed by atoms with Crippen LogP contribution in [0.25, 0.3) is 0 Å². The topological polar surface area (TPSA) is 51.4 Å². The number of thioether (sulfide) groups is 1. The summed E-state index contributed by atoms with van der Waals surface area (Å²) in [6.45, 7) is 5.79. The molecule has 0 amide bonds. The van der Waals surface area contributed by atoms with Crippen LogP contribution in [-0.4, -0.2) is 52.3 Å². The summed E-state index contributed by atoms with van der Waals surface area (Å²) in [6.07, 6.45) is 7.84. The summed E-state index contributed by atoms with van der Waals surface area (Å²) < 4.78 is 11.4. The second-order valence-electron chi connectivity index (χ2n) is 6.18. The monoisotopic (exact) mass is 325 g/mol. The summed E-state index contributed by atoms with van der Waals surface area (Å²) in [7, 11) is 0. The maximum absolute atomic E-state index is 5.80. The van der Waals surface area contributed by atoms with Crippen LogP contribution in [0.3, 0.4) is 0 Å².